The number of hydrogen-bond acceptors (Lipinski definition) is 6. The third kappa shape index (κ3) is 3.61. The van der Waals surface area contributed by atoms with Gasteiger partial charge in [0.25, 0.3) is 5.56 Å². The van der Waals surface area contributed by atoms with Gasteiger partial charge in [0.15, 0.2) is 16.5 Å². The van der Waals surface area contributed by atoms with E-state index < -0.39 is 5.97 Å². The molecule has 2 aromatic heterocycles. The molecule has 0 atom stereocenters. The third-order valence-corrected chi connectivity index (χ3v) is 6.41. The molecule has 0 bridgehead atoms. The van der Waals surface area contributed by atoms with Crippen LogP contribution in [-0.2, 0) is 4.79 Å². The van der Waals surface area contributed by atoms with Crippen molar-refractivity contribution in [2.75, 3.05) is 6.61 Å². The van der Waals surface area contributed by atoms with Crippen LogP contribution in [0.25, 0.3) is 22.1 Å². The van der Waals surface area contributed by atoms with Crippen molar-refractivity contribution >= 4 is 55.3 Å². The molecule has 0 aliphatic heterocycles. The molecule has 0 aliphatic carbocycles. The minimum absolute atomic E-state index is 0.116. The first-order valence-corrected chi connectivity index (χ1v) is 11.0. The van der Waals surface area contributed by atoms with Gasteiger partial charge in [-0.3, -0.25) is 9.59 Å². The summed E-state index contributed by atoms with van der Waals surface area (Å²) >= 11 is 4.83. The second kappa shape index (κ2) is 7.85. The molecule has 2 heterocycles. The van der Waals surface area contributed by atoms with Gasteiger partial charge in [0, 0.05) is 11.4 Å². The molecule has 154 valence electrons. The molecule has 0 radical (unpaired) electrons. The predicted octanol–water partition coefficient (Wildman–Crippen LogP) is 4.16. The fourth-order valence-corrected chi connectivity index (χ4v) is 4.64. The normalized spacial score (nSPS) is 12.1. The van der Waals surface area contributed by atoms with Crippen LogP contribution < -0.4 is 19.6 Å². The summed E-state index contributed by atoms with van der Waals surface area (Å²) in [7, 11) is 0. The molecular weight excluding hydrogens is 468 g/mol. The van der Waals surface area contributed by atoms with Crippen LogP contribution in [-0.4, -0.2) is 22.0 Å². The number of halogens is 1. The summed E-state index contributed by atoms with van der Waals surface area (Å²) in [6.07, 6.45) is 1.79. The van der Waals surface area contributed by atoms with E-state index in [1.54, 1.807) is 22.6 Å². The molecular formula is C22H19BrN2O4S. The van der Waals surface area contributed by atoms with Crippen LogP contribution in [0.1, 0.15) is 30.5 Å². The zero-order valence-corrected chi connectivity index (χ0v) is 19.3. The molecule has 0 N–H and O–H groups in total. The Morgan fingerprint density at radius 3 is 2.63 bits per heavy atom. The van der Waals surface area contributed by atoms with Crippen molar-refractivity contribution in [2.45, 2.75) is 27.7 Å². The molecule has 0 saturated heterocycles. The van der Waals surface area contributed by atoms with Gasteiger partial charge in [-0.2, -0.15) is 0 Å². The van der Waals surface area contributed by atoms with Crippen molar-refractivity contribution in [3.63, 3.8) is 0 Å². The summed E-state index contributed by atoms with van der Waals surface area (Å²) in [4.78, 5) is 29.8. The summed E-state index contributed by atoms with van der Waals surface area (Å²) in [6, 6.07) is 7.42. The molecule has 2 aromatic carbocycles. The van der Waals surface area contributed by atoms with Gasteiger partial charge in [-0.1, -0.05) is 27.3 Å². The van der Waals surface area contributed by atoms with E-state index in [4.69, 9.17) is 9.47 Å². The highest BCUT2D eigenvalue weighted by atomic mass is 79.9. The number of rotatable bonds is 4. The molecule has 4 rings (SSSR count). The number of benzene rings is 2. The minimum atomic E-state index is -0.432. The second-order valence-electron chi connectivity index (χ2n) is 6.92. The fraction of sp³-hybridized carbons (Fsp3) is 0.227. The Hall–Kier alpha value is -2.71. The van der Waals surface area contributed by atoms with Crippen LogP contribution in [0.2, 0.25) is 0 Å². The molecule has 0 fully saturated rings. The van der Waals surface area contributed by atoms with Gasteiger partial charge in [0.1, 0.15) is 0 Å². The van der Waals surface area contributed by atoms with Gasteiger partial charge in [-0.15, -0.1) is 0 Å². The highest BCUT2D eigenvalue weighted by Gasteiger charge is 2.15. The maximum absolute atomic E-state index is 13.1. The average Bonchev–Trinajstić information content (AvgIpc) is 3.15. The van der Waals surface area contributed by atoms with Crippen LogP contribution >= 0.6 is 27.3 Å². The maximum atomic E-state index is 13.1. The van der Waals surface area contributed by atoms with Crippen LogP contribution in [0.3, 0.4) is 0 Å². The summed E-state index contributed by atoms with van der Waals surface area (Å²) < 4.78 is 13.7. The average molecular weight is 487 g/mol. The van der Waals surface area contributed by atoms with Crippen LogP contribution in [0.15, 0.2) is 33.5 Å². The smallest absolute Gasteiger partial charge is 0.308 e. The van der Waals surface area contributed by atoms with Crippen molar-refractivity contribution in [3.8, 4) is 11.5 Å². The Labute approximate surface area is 184 Å². The van der Waals surface area contributed by atoms with Gasteiger partial charge in [-0.05, 0) is 67.8 Å². The number of hydrogen-bond donors (Lipinski definition) is 0. The Kier molecular flexibility index (Phi) is 5.38. The maximum Gasteiger partial charge on any atom is 0.308 e. The summed E-state index contributed by atoms with van der Waals surface area (Å²) in [5.74, 6) is 0.333. The van der Waals surface area contributed by atoms with E-state index in [0.29, 0.717) is 32.1 Å². The quantitative estimate of drug-likeness (QED) is 0.320. The lowest BCUT2D eigenvalue weighted by Gasteiger charge is -2.11. The van der Waals surface area contributed by atoms with Crippen LogP contribution in [0.4, 0.5) is 0 Å². The van der Waals surface area contributed by atoms with E-state index in [0.717, 1.165) is 27.7 Å². The zero-order chi connectivity index (χ0) is 21.6. The number of esters is 1. The van der Waals surface area contributed by atoms with Gasteiger partial charge < -0.3 is 9.47 Å². The SMILES string of the molecule is CCOc1cc(C=c2sc3nc4cc(C)c(C)cc4n3c2=O)c(Br)cc1OC(C)=O. The second-order valence-corrected chi connectivity index (χ2v) is 8.78. The Morgan fingerprint density at radius 2 is 1.93 bits per heavy atom. The van der Waals surface area contributed by atoms with Crippen LogP contribution in [0, 0.1) is 13.8 Å². The Balaban J connectivity index is 1.90. The lowest BCUT2D eigenvalue weighted by molar-refractivity contribution is -0.132. The molecule has 0 aliphatic rings. The molecule has 0 unspecified atom stereocenters. The summed E-state index contributed by atoms with van der Waals surface area (Å²) in [6.45, 7) is 7.66. The zero-order valence-electron chi connectivity index (χ0n) is 16.9. The van der Waals surface area contributed by atoms with Gasteiger partial charge in [0.2, 0.25) is 0 Å². The number of imidazole rings is 1. The Bertz CT molecular complexity index is 1420. The number of aryl methyl sites for hydroxylation is 2. The molecule has 6 nitrogen and oxygen atoms in total. The molecule has 0 amide bonds. The highest BCUT2D eigenvalue weighted by Crippen LogP contribution is 2.34. The Morgan fingerprint density at radius 1 is 1.20 bits per heavy atom. The van der Waals surface area contributed by atoms with Crippen LogP contribution in [0.5, 0.6) is 11.5 Å². The van der Waals surface area contributed by atoms with E-state index in [1.165, 1.54) is 18.3 Å². The number of carbonyl (C=O) groups excluding carboxylic acids is 1. The van der Waals surface area contributed by atoms with E-state index >= 15 is 0 Å². The lowest BCUT2D eigenvalue weighted by Crippen LogP contribution is -2.22. The van der Waals surface area contributed by atoms with E-state index in [2.05, 4.69) is 20.9 Å². The number of carbonyl (C=O) groups is 1. The fourth-order valence-electron chi connectivity index (χ4n) is 3.22. The standard InChI is InChI=1S/C22H19BrN2O4S/c1-5-28-18-8-14(15(23)10-19(18)29-13(4)26)9-20-21(27)25-17-7-12(3)11(2)6-16(17)24-22(25)30-20/h6-10H,5H2,1-4H3. The minimum Gasteiger partial charge on any atom is -0.490 e. The summed E-state index contributed by atoms with van der Waals surface area (Å²) in [5.41, 5.74) is 4.52. The topological polar surface area (TPSA) is 69.9 Å². The number of fused-ring (bicyclic) bond motifs is 3. The third-order valence-electron chi connectivity index (χ3n) is 4.76. The molecule has 8 heteroatoms. The largest absolute Gasteiger partial charge is 0.490 e. The molecule has 30 heavy (non-hydrogen) atoms. The van der Waals surface area contributed by atoms with E-state index in [1.807, 2.05) is 32.9 Å². The van der Waals surface area contributed by atoms with Gasteiger partial charge in [0.05, 0.1) is 22.2 Å². The van der Waals surface area contributed by atoms with E-state index in [-0.39, 0.29) is 5.56 Å². The predicted molar refractivity (Wildman–Crippen MR) is 122 cm³/mol. The van der Waals surface area contributed by atoms with Crippen molar-refractivity contribution in [1.29, 1.82) is 0 Å². The first-order chi connectivity index (χ1) is 14.3. The van der Waals surface area contributed by atoms with Crippen molar-refractivity contribution in [2.24, 2.45) is 0 Å². The monoisotopic (exact) mass is 486 g/mol. The summed E-state index contributed by atoms with van der Waals surface area (Å²) in [5, 5.41) is 0. The molecule has 4 aromatic rings. The first-order valence-electron chi connectivity index (χ1n) is 9.37. The first kappa shape index (κ1) is 20.6. The highest BCUT2D eigenvalue weighted by molar-refractivity contribution is 9.10. The van der Waals surface area contributed by atoms with Gasteiger partial charge >= 0.3 is 5.97 Å². The van der Waals surface area contributed by atoms with E-state index in [9.17, 15) is 9.59 Å². The number of ether oxygens (including phenoxy) is 2. The van der Waals surface area contributed by atoms with Crippen molar-refractivity contribution < 1.29 is 14.3 Å². The lowest BCUT2D eigenvalue weighted by atomic mass is 10.1. The van der Waals surface area contributed by atoms with Gasteiger partial charge in [-0.25, -0.2) is 9.38 Å². The van der Waals surface area contributed by atoms with Crippen molar-refractivity contribution in [1.82, 2.24) is 9.38 Å². The molecule has 0 saturated carbocycles. The number of nitrogens with zero attached hydrogens (tertiary/aromatic N) is 2. The number of thiazole rings is 1. The molecule has 0 spiro atoms. The number of aromatic nitrogens is 2. The van der Waals surface area contributed by atoms with Crippen molar-refractivity contribution in [3.05, 3.63) is 60.3 Å².